The zero-order chi connectivity index (χ0) is 14.3. The van der Waals surface area contributed by atoms with Gasteiger partial charge in [0.05, 0.1) is 6.54 Å². The lowest BCUT2D eigenvalue weighted by molar-refractivity contribution is -0.115. The summed E-state index contributed by atoms with van der Waals surface area (Å²) in [6, 6.07) is 7.11. The van der Waals surface area contributed by atoms with Gasteiger partial charge in [0.25, 0.3) is 0 Å². The number of rotatable bonds is 7. The SMILES string of the molecule is CC(C)C(CCO)NCC(=O)Nc1ccc(Cl)cc1. The van der Waals surface area contributed by atoms with Gasteiger partial charge in [-0.15, -0.1) is 0 Å². The highest BCUT2D eigenvalue weighted by Crippen LogP contribution is 2.13. The van der Waals surface area contributed by atoms with Crippen LogP contribution in [0, 0.1) is 5.92 Å². The van der Waals surface area contributed by atoms with Crippen molar-refractivity contribution in [1.82, 2.24) is 5.32 Å². The number of anilines is 1. The van der Waals surface area contributed by atoms with E-state index >= 15 is 0 Å². The quantitative estimate of drug-likeness (QED) is 0.720. The molecule has 3 N–H and O–H groups in total. The van der Waals surface area contributed by atoms with Gasteiger partial charge in [-0.05, 0) is 36.6 Å². The predicted octanol–water partition coefficient (Wildman–Crippen LogP) is 2.28. The van der Waals surface area contributed by atoms with Crippen LogP contribution in [-0.4, -0.2) is 30.2 Å². The summed E-state index contributed by atoms with van der Waals surface area (Å²) in [6.45, 7) is 4.47. The van der Waals surface area contributed by atoms with Gasteiger partial charge in [0.1, 0.15) is 0 Å². The van der Waals surface area contributed by atoms with E-state index in [2.05, 4.69) is 24.5 Å². The van der Waals surface area contributed by atoms with E-state index in [1.807, 2.05) is 0 Å². The minimum Gasteiger partial charge on any atom is -0.396 e. The van der Waals surface area contributed by atoms with Gasteiger partial charge in [-0.2, -0.15) is 0 Å². The Morgan fingerprint density at radius 1 is 1.32 bits per heavy atom. The molecule has 0 radical (unpaired) electrons. The van der Waals surface area contributed by atoms with Crippen LogP contribution in [0.3, 0.4) is 0 Å². The monoisotopic (exact) mass is 284 g/mol. The molecule has 1 unspecified atom stereocenters. The number of aliphatic hydroxyl groups excluding tert-OH is 1. The number of halogens is 1. The number of hydrogen-bond acceptors (Lipinski definition) is 3. The van der Waals surface area contributed by atoms with E-state index in [1.165, 1.54) is 0 Å². The molecular weight excluding hydrogens is 264 g/mol. The molecular formula is C14H21ClN2O2. The van der Waals surface area contributed by atoms with Crippen molar-refractivity contribution in [3.63, 3.8) is 0 Å². The van der Waals surface area contributed by atoms with Crippen molar-refractivity contribution in [3.8, 4) is 0 Å². The minimum absolute atomic E-state index is 0.106. The van der Waals surface area contributed by atoms with Crippen LogP contribution in [0.2, 0.25) is 5.02 Å². The topological polar surface area (TPSA) is 61.4 Å². The van der Waals surface area contributed by atoms with Crippen LogP contribution in [0.1, 0.15) is 20.3 Å². The van der Waals surface area contributed by atoms with Crippen molar-refractivity contribution in [3.05, 3.63) is 29.3 Å². The average molecular weight is 285 g/mol. The Morgan fingerprint density at radius 3 is 2.47 bits per heavy atom. The van der Waals surface area contributed by atoms with Crippen molar-refractivity contribution in [2.24, 2.45) is 5.92 Å². The number of carbonyl (C=O) groups is 1. The summed E-state index contributed by atoms with van der Waals surface area (Å²) in [5, 5.41) is 15.5. The fourth-order valence-corrected chi connectivity index (χ4v) is 1.90. The molecule has 1 aromatic carbocycles. The van der Waals surface area contributed by atoms with Gasteiger partial charge in [-0.3, -0.25) is 4.79 Å². The van der Waals surface area contributed by atoms with Crippen molar-refractivity contribution in [1.29, 1.82) is 0 Å². The molecule has 0 heterocycles. The number of nitrogens with one attached hydrogen (secondary N) is 2. The lowest BCUT2D eigenvalue weighted by atomic mass is 10.0. The van der Waals surface area contributed by atoms with Crippen molar-refractivity contribution >= 4 is 23.2 Å². The van der Waals surface area contributed by atoms with E-state index in [9.17, 15) is 4.79 Å². The third-order valence-electron chi connectivity index (χ3n) is 2.90. The first-order chi connectivity index (χ1) is 9.02. The van der Waals surface area contributed by atoms with Crippen molar-refractivity contribution in [2.45, 2.75) is 26.3 Å². The largest absolute Gasteiger partial charge is 0.396 e. The zero-order valence-electron chi connectivity index (χ0n) is 11.3. The molecule has 4 nitrogen and oxygen atoms in total. The molecule has 0 saturated heterocycles. The first-order valence-corrected chi connectivity index (χ1v) is 6.80. The van der Waals surface area contributed by atoms with E-state index in [4.69, 9.17) is 16.7 Å². The second-order valence-corrected chi connectivity index (χ2v) is 5.24. The maximum absolute atomic E-state index is 11.8. The summed E-state index contributed by atoms with van der Waals surface area (Å²) in [5.41, 5.74) is 0.722. The highest BCUT2D eigenvalue weighted by atomic mass is 35.5. The molecule has 0 bridgehead atoms. The Labute approximate surface area is 119 Å². The molecule has 0 aliphatic carbocycles. The normalized spacial score (nSPS) is 12.5. The highest BCUT2D eigenvalue weighted by Gasteiger charge is 2.13. The summed E-state index contributed by atoms with van der Waals surface area (Å²) in [4.78, 5) is 11.8. The zero-order valence-corrected chi connectivity index (χ0v) is 12.1. The smallest absolute Gasteiger partial charge is 0.238 e. The molecule has 0 aliphatic heterocycles. The van der Waals surface area contributed by atoms with Gasteiger partial charge in [0, 0.05) is 23.4 Å². The molecule has 1 amide bonds. The number of amides is 1. The highest BCUT2D eigenvalue weighted by molar-refractivity contribution is 6.30. The van der Waals surface area contributed by atoms with Gasteiger partial charge in [0.15, 0.2) is 0 Å². The standard InChI is InChI=1S/C14H21ClN2O2/c1-10(2)13(7-8-18)16-9-14(19)17-12-5-3-11(15)4-6-12/h3-6,10,13,16,18H,7-9H2,1-2H3,(H,17,19). The van der Waals surface area contributed by atoms with E-state index in [-0.39, 0.29) is 25.1 Å². The molecule has 0 saturated carbocycles. The summed E-state index contributed by atoms with van der Waals surface area (Å²) in [7, 11) is 0. The van der Waals surface area contributed by atoms with Crippen molar-refractivity contribution in [2.75, 3.05) is 18.5 Å². The number of carbonyl (C=O) groups excluding carboxylic acids is 1. The van der Waals surface area contributed by atoms with E-state index in [0.717, 1.165) is 5.69 Å². The number of benzene rings is 1. The Hall–Kier alpha value is -1.10. The van der Waals surface area contributed by atoms with E-state index in [0.29, 0.717) is 17.4 Å². The van der Waals surface area contributed by atoms with Crippen LogP contribution < -0.4 is 10.6 Å². The number of aliphatic hydroxyl groups is 1. The van der Waals surface area contributed by atoms with Crippen LogP contribution >= 0.6 is 11.6 Å². The molecule has 1 rings (SSSR count). The maximum atomic E-state index is 11.8. The molecule has 0 aliphatic rings. The molecule has 0 spiro atoms. The fraction of sp³-hybridized carbons (Fsp3) is 0.500. The molecule has 19 heavy (non-hydrogen) atoms. The first kappa shape index (κ1) is 16.0. The third kappa shape index (κ3) is 6.05. The van der Waals surface area contributed by atoms with Gasteiger partial charge >= 0.3 is 0 Å². The molecule has 1 atom stereocenters. The Bertz CT molecular complexity index is 393. The third-order valence-corrected chi connectivity index (χ3v) is 3.15. The van der Waals surface area contributed by atoms with Crippen LogP contribution in [0.25, 0.3) is 0 Å². The molecule has 0 fully saturated rings. The summed E-state index contributed by atoms with van der Waals surface area (Å²) in [6.07, 6.45) is 0.645. The second-order valence-electron chi connectivity index (χ2n) is 4.80. The van der Waals surface area contributed by atoms with Gasteiger partial charge < -0.3 is 15.7 Å². The van der Waals surface area contributed by atoms with Gasteiger partial charge in [-0.1, -0.05) is 25.4 Å². The van der Waals surface area contributed by atoms with Crippen LogP contribution in [0.5, 0.6) is 0 Å². The summed E-state index contributed by atoms with van der Waals surface area (Å²) < 4.78 is 0. The Kier molecular flexibility index (Phi) is 6.84. The number of hydrogen-bond donors (Lipinski definition) is 3. The van der Waals surface area contributed by atoms with E-state index < -0.39 is 0 Å². The van der Waals surface area contributed by atoms with Gasteiger partial charge in [0.2, 0.25) is 5.91 Å². The van der Waals surface area contributed by atoms with Crippen LogP contribution in [0.4, 0.5) is 5.69 Å². The summed E-state index contributed by atoms with van der Waals surface area (Å²) >= 11 is 5.77. The second kappa shape index (κ2) is 8.15. The lowest BCUT2D eigenvalue weighted by Gasteiger charge is -2.21. The fourth-order valence-electron chi connectivity index (χ4n) is 1.77. The molecule has 5 heteroatoms. The first-order valence-electron chi connectivity index (χ1n) is 6.42. The van der Waals surface area contributed by atoms with Crippen LogP contribution in [-0.2, 0) is 4.79 Å². The van der Waals surface area contributed by atoms with Gasteiger partial charge in [-0.25, -0.2) is 0 Å². The molecule has 106 valence electrons. The van der Waals surface area contributed by atoms with Crippen molar-refractivity contribution < 1.29 is 9.90 Å². The minimum atomic E-state index is -0.106. The Balaban J connectivity index is 2.40. The Morgan fingerprint density at radius 2 is 1.95 bits per heavy atom. The maximum Gasteiger partial charge on any atom is 0.238 e. The molecule has 0 aromatic heterocycles. The predicted molar refractivity (Wildman–Crippen MR) is 78.4 cm³/mol. The van der Waals surface area contributed by atoms with Crippen LogP contribution in [0.15, 0.2) is 24.3 Å². The lowest BCUT2D eigenvalue weighted by Crippen LogP contribution is -2.39. The summed E-state index contributed by atoms with van der Waals surface area (Å²) in [5.74, 6) is 0.265. The van der Waals surface area contributed by atoms with E-state index in [1.54, 1.807) is 24.3 Å². The average Bonchev–Trinajstić information content (AvgIpc) is 2.37. The molecule has 1 aromatic rings.